The third-order valence-electron chi connectivity index (χ3n) is 4.68. The first-order chi connectivity index (χ1) is 13.7. The third-order valence-corrected chi connectivity index (χ3v) is 5.79. The van der Waals surface area contributed by atoms with E-state index in [4.69, 9.17) is 4.74 Å². The summed E-state index contributed by atoms with van der Waals surface area (Å²) < 4.78 is 5.01. The minimum atomic E-state index is -0.329. The quantitative estimate of drug-likeness (QED) is 0.615. The van der Waals surface area contributed by atoms with Crippen molar-refractivity contribution in [2.45, 2.75) is 6.92 Å². The van der Waals surface area contributed by atoms with Crippen LogP contribution in [-0.4, -0.2) is 48.7 Å². The van der Waals surface area contributed by atoms with Crippen molar-refractivity contribution in [1.82, 2.24) is 9.97 Å². The number of hydrogen-bond acceptors (Lipinski definition) is 7. The number of hydrogen-bond donors (Lipinski definition) is 0. The molecule has 6 nitrogen and oxygen atoms in total. The van der Waals surface area contributed by atoms with E-state index in [2.05, 4.69) is 31.9 Å². The lowest BCUT2D eigenvalue weighted by Crippen LogP contribution is -2.46. The fourth-order valence-corrected chi connectivity index (χ4v) is 4.16. The zero-order chi connectivity index (χ0) is 19.3. The van der Waals surface area contributed by atoms with Gasteiger partial charge in [0, 0.05) is 38.6 Å². The van der Waals surface area contributed by atoms with Crippen LogP contribution in [0.1, 0.15) is 17.3 Å². The smallest absolute Gasteiger partial charge is 0.339 e. The van der Waals surface area contributed by atoms with E-state index < -0.39 is 0 Å². The highest BCUT2D eigenvalue weighted by molar-refractivity contribution is 7.18. The van der Waals surface area contributed by atoms with E-state index in [1.165, 1.54) is 10.4 Å². The summed E-state index contributed by atoms with van der Waals surface area (Å²) in [5, 5.41) is 1.06. The number of carbonyl (C=O) groups is 1. The molecule has 0 unspecified atom stereocenters. The summed E-state index contributed by atoms with van der Waals surface area (Å²) in [6.45, 7) is 5.68. The minimum absolute atomic E-state index is 0.329. The molecule has 0 spiro atoms. The van der Waals surface area contributed by atoms with Crippen LogP contribution in [0, 0.1) is 0 Å². The van der Waals surface area contributed by atoms with Crippen molar-refractivity contribution in [2.75, 3.05) is 42.6 Å². The van der Waals surface area contributed by atoms with Crippen molar-refractivity contribution in [1.29, 1.82) is 0 Å². The van der Waals surface area contributed by atoms with Crippen LogP contribution >= 0.6 is 11.3 Å². The molecule has 0 radical (unpaired) electrons. The number of carbonyl (C=O) groups excluding carboxylic acids is 1. The zero-order valence-electron chi connectivity index (χ0n) is 15.7. The normalized spacial score (nSPS) is 14.2. The topological polar surface area (TPSA) is 58.6 Å². The third kappa shape index (κ3) is 3.99. The minimum Gasteiger partial charge on any atom is -0.462 e. The van der Waals surface area contributed by atoms with Gasteiger partial charge in [-0.25, -0.2) is 14.8 Å². The molecular formula is C21H22N4O2S. The SMILES string of the molecule is CCOC(=O)c1ccc(N2CCN(c3ncc(-c4ccccc4)s3)CC2)nc1. The average Bonchev–Trinajstić information content (AvgIpc) is 3.25. The van der Waals surface area contributed by atoms with Crippen LogP contribution in [0.15, 0.2) is 54.9 Å². The summed E-state index contributed by atoms with van der Waals surface area (Å²) in [7, 11) is 0. The van der Waals surface area contributed by atoms with Crippen molar-refractivity contribution in [3.63, 3.8) is 0 Å². The molecule has 0 aliphatic carbocycles. The predicted molar refractivity (Wildman–Crippen MR) is 112 cm³/mol. The molecule has 1 aromatic carbocycles. The van der Waals surface area contributed by atoms with E-state index in [9.17, 15) is 4.79 Å². The van der Waals surface area contributed by atoms with E-state index >= 15 is 0 Å². The molecule has 0 atom stereocenters. The molecule has 3 heterocycles. The Bertz CT molecular complexity index is 919. The Kier molecular flexibility index (Phi) is 5.53. The number of rotatable bonds is 5. The lowest BCUT2D eigenvalue weighted by atomic mass is 10.2. The van der Waals surface area contributed by atoms with Crippen molar-refractivity contribution in [3.05, 3.63) is 60.4 Å². The number of thiazole rings is 1. The van der Waals surface area contributed by atoms with Gasteiger partial charge in [-0.15, -0.1) is 0 Å². The molecule has 0 N–H and O–H groups in total. The molecular weight excluding hydrogens is 372 g/mol. The second kappa shape index (κ2) is 8.39. The van der Waals surface area contributed by atoms with Gasteiger partial charge in [0.2, 0.25) is 0 Å². The van der Waals surface area contributed by atoms with Gasteiger partial charge in [0.05, 0.1) is 17.0 Å². The molecule has 3 aromatic rings. The predicted octanol–water partition coefficient (Wildman–Crippen LogP) is 3.71. The van der Waals surface area contributed by atoms with Gasteiger partial charge in [-0.2, -0.15) is 0 Å². The van der Waals surface area contributed by atoms with Crippen molar-refractivity contribution < 1.29 is 9.53 Å². The lowest BCUT2D eigenvalue weighted by Gasteiger charge is -2.35. The standard InChI is InChI=1S/C21H22N4O2S/c1-2-27-20(26)17-8-9-19(22-14-17)24-10-12-25(13-11-24)21-23-15-18(28-21)16-6-4-3-5-7-16/h3-9,14-15H,2,10-13H2,1H3. The number of pyridine rings is 1. The van der Waals surface area contributed by atoms with Crippen LogP contribution in [0.3, 0.4) is 0 Å². The lowest BCUT2D eigenvalue weighted by molar-refractivity contribution is 0.0526. The Morgan fingerprint density at radius 1 is 1.00 bits per heavy atom. The van der Waals surface area contributed by atoms with Gasteiger partial charge < -0.3 is 14.5 Å². The summed E-state index contributed by atoms with van der Waals surface area (Å²) in [6.07, 6.45) is 3.55. The van der Waals surface area contributed by atoms with E-state index in [1.54, 1.807) is 30.5 Å². The molecule has 0 amide bonds. The first-order valence-electron chi connectivity index (χ1n) is 9.39. The summed E-state index contributed by atoms with van der Waals surface area (Å²) in [4.78, 5) is 26.6. The van der Waals surface area contributed by atoms with Crippen LogP contribution in [0.25, 0.3) is 10.4 Å². The molecule has 1 aliphatic heterocycles. The largest absolute Gasteiger partial charge is 0.462 e. The molecule has 4 rings (SSSR count). The van der Waals surface area contributed by atoms with Gasteiger partial charge in [-0.3, -0.25) is 0 Å². The van der Waals surface area contributed by atoms with E-state index in [0.717, 1.165) is 37.1 Å². The molecule has 0 bridgehead atoms. The first-order valence-corrected chi connectivity index (χ1v) is 10.2. The Hall–Kier alpha value is -2.93. The van der Waals surface area contributed by atoms with Gasteiger partial charge in [-0.05, 0) is 24.6 Å². The average molecular weight is 395 g/mol. The van der Waals surface area contributed by atoms with E-state index in [0.29, 0.717) is 12.2 Å². The first kappa shape index (κ1) is 18.4. The summed E-state index contributed by atoms with van der Waals surface area (Å²) >= 11 is 1.73. The van der Waals surface area contributed by atoms with Crippen molar-refractivity contribution >= 4 is 28.3 Å². The second-order valence-electron chi connectivity index (χ2n) is 6.47. The zero-order valence-corrected chi connectivity index (χ0v) is 16.6. The Balaban J connectivity index is 1.37. The number of aromatic nitrogens is 2. The molecule has 144 valence electrons. The highest BCUT2D eigenvalue weighted by Gasteiger charge is 2.21. The van der Waals surface area contributed by atoms with Crippen LogP contribution in [0.5, 0.6) is 0 Å². The van der Waals surface area contributed by atoms with Crippen LogP contribution in [0.2, 0.25) is 0 Å². The maximum Gasteiger partial charge on any atom is 0.339 e. The number of piperazine rings is 1. The fraction of sp³-hybridized carbons (Fsp3) is 0.286. The highest BCUT2D eigenvalue weighted by atomic mass is 32.1. The van der Waals surface area contributed by atoms with Gasteiger partial charge in [-0.1, -0.05) is 41.7 Å². The highest BCUT2D eigenvalue weighted by Crippen LogP contribution is 2.31. The summed E-state index contributed by atoms with van der Waals surface area (Å²) in [5.41, 5.74) is 1.69. The maximum atomic E-state index is 11.7. The summed E-state index contributed by atoms with van der Waals surface area (Å²) in [6, 6.07) is 14.0. The Morgan fingerprint density at radius 2 is 1.75 bits per heavy atom. The number of anilines is 2. The number of ether oxygens (including phenoxy) is 1. The summed E-state index contributed by atoms with van der Waals surface area (Å²) in [5.74, 6) is 0.557. The van der Waals surface area contributed by atoms with Crippen LogP contribution in [0.4, 0.5) is 10.9 Å². The van der Waals surface area contributed by atoms with Crippen LogP contribution in [-0.2, 0) is 4.74 Å². The van der Waals surface area contributed by atoms with E-state index in [1.807, 2.05) is 30.5 Å². The molecule has 1 aliphatic rings. The maximum absolute atomic E-state index is 11.7. The van der Waals surface area contributed by atoms with Crippen molar-refractivity contribution in [3.8, 4) is 10.4 Å². The molecule has 1 saturated heterocycles. The number of esters is 1. The Morgan fingerprint density at radius 3 is 2.43 bits per heavy atom. The fourth-order valence-electron chi connectivity index (χ4n) is 3.18. The van der Waals surface area contributed by atoms with Crippen LogP contribution < -0.4 is 9.80 Å². The number of benzene rings is 1. The Labute approximate surface area is 168 Å². The van der Waals surface area contributed by atoms with Gasteiger partial charge >= 0.3 is 5.97 Å². The van der Waals surface area contributed by atoms with Gasteiger partial charge in [0.25, 0.3) is 0 Å². The van der Waals surface area contributed by atoms with Gasteiger partial charge in [0.1, 0.15) is 5.82 Å². The molecule has 2 aromatic heterocycles. The molecule has 1 fully saturated rings. The monoisotopic (exact) mass is 394 g/mol. The second-order valence-corrected chi connectivity index (χ2v) is 7.48. The molecule has 7 heteroatoms. The van der Waals surface area contributed by atoms with E-state index in [-0.39, 0.29) is 5.97 Å². The van der Waals surface area contributed by atoms with Gasteiger partial charge in [0.15, 0.2) is 5.13 Å². The molecule has 0 saturated carbocycles. The van der Waals surface area contributed by atoms with Crippen molar-refractivity contribution in [2.24, 2.45) is 0 Å². The molecule has 28 heavy (non-hydrogen) atoms. The number of nitrogens with zero attached hydrogens (tertiary/aromatic N) is 4.